The SMILES string of the molecule is O=C(NCC(c1ccccc1)c1ccccc1)[C@H](Cc1ccccc1)NC(=O)[C@H]1N[C@@H]1C(=O)O.[H-].[Na+]. The fraction of sp³-hybridized carbons (Fsp3) is 0.222. The van der Waals surface area contributed by atoms with Gasteiger partial charge in [-0.25, -0.2) is 0 Å². The van der Waals surface area contributed by atoms with E-state index >= 15 is 0 Å². The van der Waals surface area contributed by atoms with Crippen LogP contribution in [0.15, 0.2) is 91.0 Å². The van der Waals surface area contributed by atoms with Gasteiger partial charge in [0.15, 0.2) is 0 Å². The van der Waals surface area contributed by atoms with Gasteiger partial charge in [-0.2, -0.15) is 0 Å². The van der Waals surface area contributed by atoms with E-state index in [9.17, 15) is 14.4 Å². The number of carboxylic acids is 1. The molecule has 3 atom stereocenters. The molecule has 4 rings (SSSR count). The third-order valence-electron chi connectivity index (χ3n) is 5.93. The number of rotatable bonds is 10. The van der Waals surface area contributed by atoms with Gasteiger partial charge in [0.25, 0.3) is 0 Å². The summed E-state index contributed by atoms with van der Waals surface area (Å²) in [4.78, 5) is 36.9. The summed E-state index contributed by atoms with van der Waals surface area (Å²) in [7, 11) is 0. The number of hydrogen-bond acceptors (Lipinski definition) is 4. The Hall–Kier alpha value is -2.97. The van der Waals surface area contributed by atoms with Crippen molar-refractivity contribution in [1.82, 2.24) is 16.0 Å². The first-order valence-electron chi connectivity index (χ1n) is 11.2. The predicted octanol–water partition coefficient (Wildman–Crippen LogP) is -0.796. The largest absolute Gasteiger partial charge is 1.00 e. The maximum Gasteiger partial charge on any atom is 1.00 e. The molecular formula is C27H28N3NaO4. The van der Waals surface area contributed by atoms with Gasteiger partial charge in [-0.05, 0) is 16.7 Å². The maximum atomic E-state index is 13.2. The van der Waals surface area contributed by atoms with Gasteiger partial charge in [-0.3, -0.25) is 19.7 Å². The molecule has 3 aromatic rings. The fourth-order valence-corrected chi connectivity index (χ4v) is 4.02. The van der Waals surface area contributed by atoms with Crippen LogP contribution in [0.5, 0.6) is 0 Å². The van der Waals surface area contributed by atoms with Gasteiger partial charge >= 0.3 is 35.5 Å². The summed E-state index contributed by atoms with van der Waals surface area (Å²) >= 11 is 0. The number of carbonyl (C=O) groups excluding carboxylic acids is 2. The first-order chi connectivity index (χ1) is 16.5. The minimum Gasteiger partial charge on any atom is -1.00 e. The van der Waals surface area contributed by atoms with E-state index in [1.807, 2.05) is 91.0 Å². The van der Waals surface area contributed by atoms with Crippen LogP contribution in [-0.2, 0) is 20.8 Å². The normalized spacial score (nSPS) is 17.1. The molecular weight excluding hydrogens is 453 g/mol. The minimum atomic E-state index is -1.09. The molecule has 2 amide bonds. The number of aliphatic carboxylic acids is 1. The third-order valence-corrected chi connectivity index (χ3v) is 5.93. The summed E-state index contributed by atoms with van der Waals surface area (Å²) in [5, 5.41) is 17.5. The van der Waals surface area contributed by atoms with Crippen molar-refractivity contribution in [1.29, 1.82) is 0 Å². The van der Waals surface area contributed by atoms with Crippen LogP contribution < -0.4 is 45.5 Å². The molecule has 1 aliphatic rings. The van der Waals surface area contributed by atoms with E-state index in [4.69, 9.17) is 5.11 Å². The van der Waals surface area contributed by atoms with E-state index in [0.717, 1.165) is 16.7 Å². The van der Waals surface area contributed by atoms with Crippen molar-refractivity contribution in [2.24, 2.45) is 0 Å². The Labute approximate surface area is 228 Å². The van der Waals surface area contributed by atoms with Crippen molar-refractivity contribution >= 4 is 17.8 Å². The Kier molecular flexibility index (Phi) is 9.63. The minimum absolute atomic E-state index is 0. The molecule has 1 heterocycles. The number of carboxylic acid groups (broad SMARTS) is 1. The Morgan fingerprint density at radius 1 is 0.829 bits per heavy atom. The summed E-state index contributed by atoms with van der Waals surface area (Å²) in [5.41, 5.74) is 3.04. The third kappa shape index (κ3) is 7.26. The molecule has 0 bridgehead atoms. The van der Waals surface area contributed by atoms with E-state index in [-0.39, 0.29) is 42.8 Å². The monoisotopic (exact) mass is 481 g/mol. The zero-order valence-corrected chi connectivity index (χ0v) is 21.6. The van der Waals surface area contributed by atoms with Crippen molar-refractivity contribution < 1.29 is 50.5 Å². The number of carbonyl (C=O) groups is 3. The smallest absolute Gasteiger partial charge is 1.00 e. The summed E-state index contributed by atoms with van der Waals surface area (Å²) in [5.74, 6) is -1.95. The second-order valence-electron chi connectivity index (χ2n) is 8.33. The molecule has 0 unspecified atom stereocenters. The second-order valence-corrected chi connectivity index (χ2v) is 8.33. The van der Waals surface area contributed by atoms with Crippen molar-refractivity contribution in [3.8, 4) is 0 Å². The molecule has 1 aliphatic heterocycles. The van der Waals surface area contributed by atoms with Gasteiger partial charge in [0, 0.05) is 18.9 Å². The average molecular weight is 482 g/mol. The Morgan fingerprint density at radius 3 is 1.83 bits per heavy atom. The van der Waals surface area contributed by atoms with Crippen LogP contribution in [-0.4, -0.2) is 47.6 Å². The molecule has 1 saturated heterocycles. The summed E-state index contributed by atoms with van der Waals surface area (Å²) in [6, 6.07) is 26.7. The molecule has 176 valence electrons. The molecule has 4 N–H and O–H groups in total. The molecule has 7 nitrogen and oxygen atoms in total. The molecule has 0 saturated carbocycles. The Bertz CT molecular complexity index is 1100. The maximum absolute atomic E-state index is 13.2. The number of nitrogens with one attached hydrogen (secondary N) is 3. The van der Waals surface area contributed by atoms with Crippen LogP contribution in [0.1, 0.15) is 24.0 Å². The van der Waals surface area contributed by atoms with Gasteiger partial charge < -0.3 is 17.2 Å². The summed E-state index contributed by atoms with van der Waals surface area (Å²) in [6.07, 6.45) is 0.296. The van der Waals surface area contributed by atoms with Crippen molar-refractivity contribution in [2.45, 2.75) is 30.5 Å². The van der Waals surface area contributed by atoms with E-state index in [1.54, 1.807) is 0 Å². The zero-order chi connectivity index (χ0) is 23.9. The molecule has 3 aromatic carbocycles. The van der Waals surface area contributed by atoms with Crippen LogP contribution in [0, 0.1) is 0 Å². The first-order valence-corrected chi connectivity index (χ1v) is 11.2. The van der Waals surface area contributed by atoms with Gasteiger partial charge in [0.05, 0.1) is 0 Å². The number of benzene rings is 3. The van der Waals surface area contributed by atoms with Gasteiger partial charge in [-0.1, -0.05) is 91.0 Å². The predicted molar refractivity (Wildman–Crippen MR) is 129 cm³/mol. The number of hydrogen-bond donors (Lipinski definition) is 4. The van der Waals surface area contributed by atoms with Crippen molar-refractivity contribution in [3.05, 3.63) is 108 Å². The Balaban J connectivity index is 0.00000228. The average Bonchev–Trinajstić information content (AvgIpc) is 3.67. The molecule has 0 aliphatic carbocycles. The van der Waals surface area contributed by atoms with E-state index in [1.165, 1.54) is 0 Å². The molecule has 0 radical (unpaired) electrons. The van der Waals surface area contributed by atoms with Crippen molar-refractivity contribution in [3.63, 3.8) is 0 Å². The van der Waals surface area contributed by atoms with Crippen LogP contribution in [0.3, 0.4) is 0 Å². The summed E-state index contributed by atoms with van der Waals surface area (Å²) < 4.78 is 0. The van der Waals surface area contributed by atoms with Crippen LogP contribution >= 0.6 is 0 Å². The van der Waals surface area contributed by atoms with E-state index in [0.29, 0.717) is 13.0 Å². The van der Waals surface area contributed by atoms with E-state index in [2.05, 4.69) is 16.0 Å². The first kappa shape index (κ1) is 26.6. The Morgan fingerprint density at radius 2 is 1.34 bits per heavy atom. The molecule has 0 aromatic heterocycles. The van der Waals surface area contributed by atoms with E-state index < -0.39 is 30.0 Å². The fourth-order valence-electron chi connectivity index (χ4n) is 4.02. The number of amides is 2. The molecule has 8 heteroatoms. The zero-order valence-electron chi connectivity index (χ0n) is 20.6. The molecule has 1 fully saturated rings. The van der Waals surface area contributed by atoms with Crippen LogP contribution in [0.2, 0.25) is 0 Å². The topological polar surface area (TPSA) is 117 Å². The van der Waals surface area contributed by atoms with Gasteiger partial charge in [0.1, 0.15) is 18.1 Å². The van der Waals surface area contributed by atoms with Crippen molar-refractivity contribution in [2.75, 3.05) is 6.54 Å². The van der Waals surface area contributed by atoms with Crippen LogP contribution in [0.25, 0.3) is 0 Å². The molecule has 0 spiro atoms. The van der Waals surface area contributed by atoms with Crippen LogP contribution in [0.4, 0.5) is 0 Å². The van der Waals surface area contributed by atoms with Gasteiger partial charge in [-0.15, -0.1) is 0 Å². The molecule has 35 heavy (non-hydrogen) atoms. The quantitative estimate of drug-likeness (QED) is 0.224. The van der Waals surface area contributed by atoms with Gasteiger partial charge in [0.2, 0.25) is 11.8 Å². The summed E-state index contributed by atoms with van der Waals surface area (Å²) in [6.45, 7) is 0.355. The standard InChI is InChI=1S/C27H27N3O4.Na.H/c31-25(28-17-21(19-12-6-2-7-13-19)20-14-8-3-9-15-20)22(16-18-10-4-1-5-11-18)29-26(32)23-24(30-23)27(33)34;;/h1-15,21-24,30H,16-17H2,(H,28,31)(H,29,32)(H,33,34);;/q;+1;-1/t22-,23-,24-;;/m0../s1. The second kappa shape index (κ2) is 12.7.